The maximum atomic E-state index is 5.33. The van der Waals surface area contributed by atoms with Gasteiger partial charge in [0, 0.05) is 30.4 Å². The van der Waals surface area contributed by atoms with Gasteiger partial charge in [0.2, 0.25) is 11.7 Å². The Hall–Kier alpha value is -1.75. The third kappa shape index (κ3) is 3.17. The maximum absolute atomic E-state index is 5.33. The second-order valence-corrected chi connectivity index (χ2v) is 4.50. The van der Waals surface area contributed by atoms with Crippen molar-refractivity contribution >= 4 is 0 Å². The number of aryl methyl sites for hydroxylation is 1. The number of nitrogens with one attached hydrogen (secondary N) is 1. The summed E-state index contributed by atoms with van der Waals surface area (Å²) in [7, 11) is 1.95. The first-order valence-electron chi connectivity index (χ1n) is 6.71. The molecule has 0 radical (unpaired) electrons. The SMILES string of the molecule is CCc1cnccc1-c1noc(CC(CC)NC)n1. The van der Waals surface area contributed by atoms with Crippen molar-refractivity contribution in [3.63, 3.8) is 0 Å². The van der Waals surface area contributed by atoms with E-state index in [1.807, 2.05) is 19.3 Å². The molecule has 2 aromatic heterocycles. The molecule has 2 rings (SSSR count). The number of hydrogen-bond donors (Lipinski definition) is 1. The third-order valence-electron chi connectivity index (χ3n) is 3.32. The zero-order valence-electron chi connectivity index (χ0n) is 11.7. The van der Waals surface area contributed by atoms with E-state index in [1.165, 1.54) is 0 Å². The van der Waals surface area contributed by atoms with Crippen molar-refractivity contribution in [2.45, 2.75) is 39.2 Å². The summed E-state index contributed by atoms with van der Waals surface area (Å²) in [5.74, 6) is 1.33. The standard InChI is InChI=1S/C14H20N4O/c1-4-10-9-16-7-6-12(10)14-17-13(19-18-14)8-11(5-2)15-3/h6-7,9,11,15H,4-5,8H2,1-3H3. The van der Waals surface area contributed by atoms with Crippen LogP contribution in [0.2, 0.25) is 0 Å². The van der Waals surface area contributed by atoms with Crippen LogP contribution in [-0.4, -0.2) is 28.2 Å². The summed E-state index contributed by atoms with van der Waals surface area (Å²) < 4.78 is 5.33. The van der Waals surface area contributed by atoms with Crippen LogP contribution in [0.3, 0.4) is 0 Å². The number of pyridine rings is 1. The van der Waals surface area contributed by atoms with Gasteiger partial charge in [-0.2, -0.15) is 4.98 Å². The van der Waals surface area contributed by atoms with Crippen molar-refractivity contribution in [1.29, 1.82) is 0 Å². The molecule has 19 heavy (non-hydrogen) atoms. The van der Waals surface area contributed by atoms with Crippen LogP contribution in [0.4, 0.5) is 0 Å². The Labute approximate surface area is 113 Å². The molecule has 0 fully saturated rings. The van der Waals surface area contributed by atoms with Gasteiger partial charge in [0.1, 0.15) is 0 Å². The molecular formula is C14H20N4O. The average molecular weight is 260 g/mol. The molecule has 1 atom stereocenters. The molecule has 0 aromatic carbocycles. The van der Waals surface area contributed by atoms with Gasteiger partial charge in [-0.1, -0.05) is 19.0 Å². The van der Waals surface area contributed by atoms with Crippen molar-refractivity contribution in [2.75, 3.05) is 7.05 Å². The Kier molecular flexibility index (Phi) is 4.63. The minimum absolute atomic E-state index is 0.372. The van der Waals surface area contributed by atoms with Crippen LogP contribution in [0.15, 0.2) is 23.0 Å². The fourth-order valence-corrected chi connectivity index (χ4v) is 2.04. The summed E-state index contributed by atoms with van der Waals surface area (Å²) in [4.78, 5) is 8.61. The molecule has 5 heteroatoms. The maximum Gasteiger partial charge on any atom is 0.228 e. The molecule has 0 aliphatic heterocycles. The third-order valence-corrected chi connectivity index (χ3v) is 3.32. The monoisotopic (exact) mass is 260 g/mol. The Morgan fingerprint density at radius 2 is 2.21 bits per heavy atom. The summed E-state index contributed by atoms with van der Waals surface area (Å²) in [6.45, 7) is 4.23. The van der Waals surface area contributed by atoms with Crippen LogP contribution in [0.5, 0.6) is 0 Å². The van der Waals surface area contributed by atoms with E-state index in [9.17, 15) is 0 Å². The van der Waals surface area contributed by atoms with Crippen LogP contribution in [0.1, 0.15) is 31.7 Å². The molecule has 2 heterocycles. The second kappa shape index (κ2) is 6.43. The van der Waals surface area contributed by atoms with Gasteiger partial charge < -0.3 is 9.84 Å². The van der Waals surface area contributed by atoms with Gasteiger partial charge in [0.15, 0.2) is 0 Å². The zero-order chi connectivity index (χ0) is 13.7. The number of likely N-dealkylation sites (N-methyl/N-ethyl adjacent to an activating group) is 1. The summed E-state index contributed by atoms with van der Waals surface area (Å²) in [5, 5.41) is 7.31. The number of rotatable bonds is 6. The van der Waals surface area contributed by atoms with Crippen LogP contribution in [0.25, 0.3) is 11.4 Å². The van der Waals surface area contributed by atoms with Gasteiger partial charge in [0.25, 0.3) is 0 Å². The molecule has 2 aromatic rings. The van der Waals surface area contributed by atoms with E-state index >= 15 is 0 Å². The molecule has 1 N–H and O–H groups in total. The fourth-order valence-electron chi connectivity index (χ4n) is 2.04. The van der Waals surface area contributed by atoms with Crippen LogP contribution in [0, 0.1) is 0 Å². The lowest BCUT2D eigenvalue weighted by Crippen LogP contribution is -2.26. The van der Waals surface area contributed by atoms with Crippen molar-refractivity contribution in [1.82, 2.24) is 20.4 Å². The summed E-state index contributed by atoms with van der Waals surface area (Å²) in [5.41, 5.74) is 2.14. The molecule has 0 aliphatic carbocycles. The van der Waals surface area contributed by atoms with Gasteiger partial charge in [-0.15, -0.1) is 0 Å². The Bertz CT molecular complexity index is 520. The molecule has 0 saturated heterocycles. The average Bonchev–Trinajstić information content (AvgIpc) is 2.93. The topological polar surface area (TPSA) is 63.8 Å². The second-order valence-electron chi connectivity index (χ2n) is 4.50. The molecule has 0 spiro atoms. The van der Waals surface area contributed by atoms with Crippen LogP contribution < -0.4 is 5.32 Å². The first-order valence-corrected chi connectivity index (χ1v) is 6.71. The molecule has 0 aliphatic rings. The first kappa shape index (κ1) is 13.7. The fraction of sp³-hybridized carbons (Fsp3) is 0.500. The number of nitrogens with zero attached hydrogens (tertiary/aromatic N) is 3. The van der Waals surface area contributed by atoms with E-state index < -0.39 is 0 Å². The Balaban J connectivity index is 2.21. The van der Waals surface area contributed by atoms with Crippen LogP contribution in [-0.2, 0) is 12.8 Å². The molecule has 0 amide bonds. The van der Waals surface area contributed by atoms with E-state index in [4.69, 9.17) is 4.52 Å². The highest BCUT2D eigenvalue weighted by atomic mass is 16.5. The highest BCUT2D eigenvalue weighted by Crippen LogP contribution is 2.20. The molecular weight excluding hydrogens is 240 g/mol. The molecule has 102 valence electrons. The summed E-state index contributed by atoms with van der Waals surface area (Å²) in [6.07, 6.45) is 6.30. The predicted molar refractivity (Wildman–Crippen MR) is 73.7 cm³/mol. The predicted octanol–water partition coefficient (Wildman–Crippen LogP) is 2.23. The first-order chi connectivity index (χ1) is 9.28. The lowest BCUT2D eigenvalue weighted by atomic mass is 10.1. The molecule has 0 saturated carbocycles. The minimum Gasteiger partial charge on any atom is -0.339 e. The minimum atomic E-state index is 0.372. The normalized spacial score (nSPS) is 12.6. The lowest BCUT2D eigenvalue weighted by Gasteiger charge is -2.09. The molecule has 5 nitrogen and oxygen atoms in total. The summed E-state index contributed by atoms with van der Waals surface area (Å²) in [6, 6.07) is 2.31. The van der Waals surface area contributed by atoms with Crippen LogP contribution >= 0.6 is 0 Å². The van der Waals surface area contributed by atoms with Gasteiger partial charge in [-0.05, 0) is 31.5 Å². The smallest absolute Gasteiger partial charge is 0.228 e. The molecule has 1 unspecified atom stereocenters. The number of aromatic nitrogens is 3. The number of hydrogen-bond acceptors (Lipinski definition) is 5. The van der Waals surface area contributed by atoms with E-state index in [2.05, 4.69) is 34.3 Å². The summed E-state index contributed by atoms with van der Waals surface area (Å²) >= 11 is 0. The van der Waals surface area contributed by atoms with Gasteiger partial charge in [-0.25, -0.2) is 0 Å². The highest BCUT2D eigenvalue weighted by Gasteiger charge is 2.14. The molecule has 0 bridgehead atoms. The Morgan fingerprint density at radius 1 is 1.37 bits per heavy atom. The highest BCUT2D eigenvalue weighted by molar-refractivity contribution is 5.58. The van der Waals surface area contributed by atoms with Gasteiger partial charge in [0.05, 0.1) is 0 Å². The van der Waals surface area contributed by atoms with E-state index in [0.717, 1.165) is 30.4 Å². The lowest BCUT2D eigenvalue weighted by molar-refractivity contribution is 0.359. The van der Waals surface area contributed by atoms with Gasteiger partial charge in [-0.3, -0.25) is 4.98 Å². The quantitative estimate of drug-likeness (QED) is 0.863. The van der Waals surface area contributed by atoms with Crippen molar-refractivity contribution in [2.24, 2.45) is 0 Å². The van der Waals surface area contributed by atoms with Gasteiger partial charge >= 0.3 is 0 Å². The largest absolute Gasteiger partial charge is 0.339 e. The van der Waals surface area contributed by atoms with Crippen molar-refractivity contribution < 1.29 is 4.52 Å². The Morgan fingerprint density at radius 3 is 2.89 bits per heavy atom. The van der Waals surface area contributed by atoms with Crippen molar-refractivity contribution in [3.8, 4) is 11.4 Å². The van der Waals surface area contributed by atoms with E-state index in [0.29, 0.717) is 17.8 Å². The van der Waals surface area contributed by atoms with E-state index in [-0.39, 0.29) is 0 Å². The van der Waals surface area contributed by atoms with Crippen molar-refractivity contribution in [3.05, 3.63) is 29.9 Å². The zero-order valence-corrected chi connectivity index (χ0v) is 11.7. The van der Waals surface area contributed by atoms with E-state index in [1.54, 1.807) is 6.20 Å².